The highest BCUT2D eigenvalue weighted by Crippen LogP contribution is 2.37. The molecule has 1 heterocycles. The Bertz CT molecular complexity index is 597. The Hall–Kier alpha value is -1.48. The van der Waals surface area contributed by atoms with Crippen molar-refractivity contribution in [2.24, 2.45) is 0 Å². The minimum atomic E-state index is 0.423. The minimum absolute atomic E-state index is 0.423. The maximum atomic E-state index is 6.10. The zero-order valence-electron chi connectivity index (χ0n) is 13.3. The van der Waals surface area contributed by atoms with E-state index in [2.05, 4.69) is 46.0 Å². The van der Waals surface area contributed by atoms with E-state index >= 15 is 0 Å². The molecule has 0 bridgehead atoms. The van der Waals surface area contributed by atoms with Crippen LogP contribution in [0.1, 0.15) is 50.5 Å². The summed E-state index contributed by atoms with van der Waals surface area (Å²) in [6.07, 6.45) is 0. The lowest BCUT2D eigenvalue weighted by atomic mass is 9.98. The van der Waals surface area contributed by atoms with Crippen molar-refractivity contribution in [3.63, 3.8) is 0 Å². The molecule has 1 N–H and O–H groups in total. The summed E-state index contributed by atoms with van der Waals surface area (Å²) in [5, 5.41) is 4.61. The van der Waals surface area contributed by atoms with Crippen molar-refractivity contribution in [2.45, 2.75) is 53.1 Å². The molecule has 0 aliphatic rings. The van der Waals surface area contributed by atoms with Crippen molar-refractivity contribution in [2.75, 3.05) is 7.11 Å². The zero-order valence-corrected chi connectivity index (χ0v) is 13.3. The van der Waals surface area contributed by atoms with Crippen molar-refractivity contribution in [1.82, 2.24) is 5.32 Å². The van der Waals surface area contributed by atoms with Crippen LogP contribution in [0.5, 0.6) is 5.75 Å². The largest absolute Gasteiger partial charge is 0.493 e. The summed E-state index contributed by atoms with van der Waals surface area (Å²) in [7, 11) is 1.69. The first-order valence-electron chi connectivity index (χ1n) is 7.27. The number of methoxy groups -OCH3 is 1. The van der Waals surface area contributed by atoms with Gasteiger partial charge in [0.05, 0.1) is 13.7 Å². The van der Waals surface area contributed by atoms with Gasteiger partial charge in [0.25, 0.3) is 0 Å². The van der Waals surface area contributed by atoms with Gasteiger partial charge in [-0.15, -0.1) is 0 Å². The van der Waals surface area contributed by atoms with Gasteiger partial charge in [-0.1, -0.05) is 27.7 Å². The van der Waals surface area contributed by atoms with E-state index in [1.54, 1.807) is 7.11 Å². The predicted molar refractivity (Wildman–Crippen MR) is 83.6 cm³/mol. The molecule has 110 valence electrons. The van der Waals surface area contributed by atoms with Crippen LogP contribution in [0.15, 0.2) is 16.5 Å². The van der Waals surface area contributed by atoms with Gasteiger partial charge in [0.2, 0.25) is 0 Å². The summed E-state index contributed by atoms with van der Waals surface area (Å²) in [6, 6.07) is 4.65. The van der Waals surface area contributed by atoms with Crippen LogP contribution in [0.3, 0.4) is 0 Å². The zero-order chi connectivity index (χ0) is 14.9. The predicted octanol–water partition coefficient (Wildman–Crippen LogP) is 4.37. The van der Waals surface area contributed by atoms with E-state index in [0.717, 1.165) is 23.6 Å². The van der Waals surface area contributed by atoms with E-state index in [1.165, 1.54) is 16.5 Å². The molecule has 0 spiro atoms. The Labute approximate surface area is 121 Å². The van der Waals surface area contributed by atoms with Gasteiger partial charge in [-0.3, -0.25) is 0 Å². The summed E-state index contributed by atoms with van der Waals surface area (Å²) in [5.41, 5.74) is 3.35. The third kappa shape index (κ3) is 2.83. The van der Waals surface area contributed by atoms with Crippen LogP contribution in [-0.4, -0.2) is 13.2 Å². The first-order chi connectivity index (χ1) is 9.43. The van der Waals surface area contributed by atoms with E-state index < -0.39 is 0 Å². The van der Waals surface area contributed by atoms with Gasteiger partial charge in [-0.25, -0.2) is 0 Å². The molecule has 3 nitrogen and oxygen atoms in total. The van der Waals surface area contributed by atoms with Gasteiger partial charge in [0.1, 0.15) is 5.76 Å². The van der Waals surface area contributed by atoms with Gasteiger partial charge in [-0.2, -0.15) is 0 Å². The van der Waals surface area contributed by atoms with Gasteiger partial charge < -0.3 is 14.5 Å². The maximum absolute atomic E-state index is 6.10. The fourth-order valence-electron chi connectivity index (χ4n) is 2.59. The molecule has 2 rings (SSSR count). The van der Waals surface area contributed by atoms with E-state index in [0.29, 0.717) is 12.0 Å². The smallest absolute Gasteiger partial charge is 0.176 e. The first-order valence-corrected chi connectivity index (χ1v) is 7.27. The molecule has 20 heavy (non-hydrogen) atoms. The number of aryl methyl sites for hydroxylation is 1. The van der Waals surface area contributed by atoms with Crippen molar-refractivity contribution >= 4 is 11.0 Å². The van der Waals surface area contributed by atoms with E-state index in [4.69, 9.17) is 9.15 Å². The molecule has 0 radical (unpaired) electrons. The minimum Gasteiger partial charge on any atom is -0.493 e. The lowest BCUT2D eigenvalue weighted by molar-refractivity contribution is 0.404. The standard InChI is InChI=1S/C17H25NO2/c1-10(2)16-13-7-12(5)8-14(19-6)17(13)20-15(16)9-18-11(3)4/h7-8,10-11,18H,9H2,1-6H3. The number of rotatable bonds is 5. The molecule has 2 aromatic rings. The molecule has 0 atom stereocenters. The topological polar surface area (TPSA) is 34.4 Å². The number of benzene rings is 1. The average molecular weight is 275 g/mol. The maximum Gasteiger partial charge on any atom is 0.176 e. The molecule has 0 aliphatic heterocycles. The summed E-state index contributed by atoms with van der Waals surface area (Å²) in [5.74, 6) is 2.26. The Kier molecular flexibility index (Phi) is 4.39. The second-order valence-corrected chi connectivity index (χ2v) is 5.97. The number of hydrogen-bond acceptors (Lipinski definition) is 3. The quantitative estimate of drug-likeness (QED) is 0.879. The van der Waals surface area contributed by atoms with Crippen LogP contribution in [0.25, 0.3) is 11.0 Å². The molecule has 0 fully saturated rings. The molecule has 0 saturated carbocycles. The third-order valence-electron chi connectivity index (χ3n) is 3.48. The highest BCUT2D eigenvalue weighted by molar-refractivity contribution is 5.88. The molecule has 0 unspecified atom stereocenters. The van der Waals surface area contributed by atoms with E-state index in [-0.39, 0.29) is 0 Å². The third-order valence-corrected chi connectivity index (χ3v) is 3.48. The lowest BCUT2D eigenvalue weighted by Gasteiger charge is -2.10. The number of hydrogen-bond donors (Lipinski definition) is 1. The molecular formula is C17H25NO2. The van der Waals surface area contributed by atoms with Gasteiger partial charge in [0.15, 0.2) is 11.3 Å². The van der Waals surface area contributed by atoms with Crippen molar-refractivity contribution < 1.29 is 9.15 Å². The lowest BCUT2D eigenvalue weighted by Crippen LogP contribution is -2.22. The van der Waals surface area contributed by atoms with Gasteiger partial charge >= 0.3 is 0 Å². The monoisotopic (exact) mass is 275 g/mol. The number of nitrogens with one attached hydrogen (secondary N) is 1. The molecule has 1 aromatic heterocycles. The van der Waals surface area contributed by atoms with Crippen LogP contribution >= 0.6 is 0 Å². The Morgan fingerprint density at radius 1 is 1.20 bits per heavy atom. The van der Waals surface area contributed by atoms with Crippen LogP contribution in [-0.2, 0) is 6.54 Å². The number of ether oxygens (including phenoxy) is 1. The Morgan fingerprint density at radius 2 is 1.90 bits per heavy atom. The summed E-state index contributed by atoms with van der Waals surface area (Å²) < 4.78 is 11.6. The van der Waals surface area contributed by atoms with Crippen LogP contribution < -0.4 is 10.1 Å². The van der Waals surface area contributed by atoms with Crippen LogP contribution in [0, 0.1) is 6.92 Å². The molecule has 1 aromatic carbocycles. The number of furan rings is 1. The summed E-state index contributed by atoms with van der Waals surface area (Å²) in [4.78, 5) is 0. The molecule has 0 amide bonds. The number of fused-ring (bicyclic) bond motifs is 1. The second kappa shape index (κ2) is 5.88. The molecular weight excluding hydrogens is 250 g/mol. The molecule has 0 aliphatic carbocycles. The summed E-state index contributed by atoms with van der Waals surface area (Å²) in [6.45, 7) is 11.5. The second-order valence-electron chi connectivity index (χ2n) is 5.97. The summed E-state index contributed by atoms with van der Waals surface area (Å²) >= 11 is 0. The van der Waals surface area contributed by atoms with Crippen LogP contribution in [0.2, 0.25) is 0 Å². The SMILES string of the molecule is COc1cc(C)cc2c(C(C)C)c(CNC(C)C)oc12. The highest BCUT2D eigenvalue weighted by Gasteiger charge is 2.20. The Morgan fingerprint density at radius 3 is 2.45 bits per heavy atom. The molecule has 3 heteroatoms. The van der Waals surface area contributed by atoms with Crippen molar-refractivity contribution in [1.29, 1.82) is 0 Å². The Balaban J connectivity index is 2.59. The van der Waals surface area contributed by atoms with Gasteiger partial charge in [-0.05, 0) is 30.5 Å². The van der Waals surface area contributed by atoms with Crippen molar-refractivity contribution in [3.8, 4) is 5.75 Å². The van der Waals surface area contributed by atoms with Gasteiger partial charge in [0, 0.05) is 17.0 Å². The normalized spacial score (nSPS) is 11.8. The molecule has 0 saturated heterocycles. The van der Waals surface area contributed by atoms with Crippen molar-refractivity contribution in [3.05, 3.63) is 29.0 Å². The first kappa shape index (κ1) is 14.9. The highest BCUT2D eigenvalue weighted by atomic mass is 16.5. The van der Waals surface area contributed by atoms with E-state index in [1.807, 2.05) is 6.07 Å². The van der Waals surface area contributed by atoms with Crippen LogP contribution in [0.4, 0.5) is 0 Å². The fraction of sp³-hybridized carbons (Fsp3) is 0.529. The fourth-order valence-corrected chi connectivity index (χ4v) is 2.59. The average Bonchev–Trinajstić information content (AvgIpc) is 2.73. The van der Waals surface area contributed by atoms with E-state index in [9.17, 15) is 0 Å².